The van der Waals surface area contributed by atoms with E-state index < -0.39 is 0 Å². The topological polar surface area (TPSA) is 38.1 Å². The minimum Gasteiger partial charge on any atom is -0.341 e. The normalized spacial score (nSPS) is 10.8. The van der Waals surface area contributed by atoms with E-state index in [4.69, 9.17) is 0 Å². The zero-order valence-electron chi connectivity index (χ0n) is 15.6. The number of hydrogen-bond donors (Lipinski definition) is 0. The fraction of sp³-hybridized carbons (Fsp3) is 0.238. The molecule has 0 N–H and O–H groups in total. The lowest BCUT2D eigenvalue weighted by Gasteiger charge is -2.17. The van der Waals surface area contributed by atoms with E-state index in [0.29, 0.717) is 6.54 Å². The van der Waals surface area contributed by atoms with E-state index in [1.165, 1.54) is 29.5 Å². The lowest BCUT2D eigenvalue weighted by Crippen LogP contribution is -2.27. The van der Waals surface area contributed by atoms with Gasteiger partial charge in [0, 0.05) is 26.0 Å². The van der Waals surface area contributed by atoms with E-state index in [-0.39, 0.29) is 17.5 Å². The van der Waals surface area contributed by atoms with Crippen LogP contribution in [0.2, 0.25) is 0 Å². The molecule has 2 aromatic carbocycles. The third-order valence-corrected chi connectivity index (χ3v) is 5.24. The molecule has 0 spiro atoms. The van der Waals surface area contributed by atoms with Crippen LogP contribution in [0.15, 0.2) is 60.0 Å². The number of aromatic nitrogens is 2. The molecule has 1 aromatic heterocycles. The van der Waals surface area contributed by atoms with Crippen molar-refractivity contribution in [3.8, 4) is 5.69 Å². The smallest absolute Gasteiger partial charge is 0.233 e. The van der Waals surface area contributed by atoms with Gasteiger partial charge in [-0.15, -0.1) is 0 Å². The van der Waals surface area contributed by atoms with E-state index >= 15 is 0 Å². The van der Waals surface area contributed by atoms with Crippen LogP contribution in [0, 0.1) is 19.7 Å². The quantitative estimate of drug-likeness (QED) is 0.593. The number of carbonyl (C=O) groups excluding carboxylic acids is 1. The summed E-state index contributed by atoms with van der Waals surface area (Å²) >= 11 is 1.40. The van der Waals surface area contributed by atoms with Crippen LogP contribution in [0.5, 0.6) is 0 Å². The van der Waals surface area contributed by atoms with Gasteiger partial charge in [0.1, 0.15) is 5.82 Å². The van der Waals surface area contributed by atoms with Gasteiger partial charge in [-0.2, -0.15) is 0 Å². The Morgan fingerprint density at radius 2 is 2.04 bits per heavy atom. The summed E-state index contributed by atoms with van der Waals surface area (Å²) in [6, 6.07) is 12.6. The Labute approximate surface area is 163 Å². The molecule has 1 heterocycles. The highest BCUT2D eigenvalue weighted by Crippen LogP contribution is 2.24. The number of benzene rings is 2. The molecule has 0 aliphatic rings. The Morgan fingerprint density at radius 3 is 2.81 bits per heavy atom. The standard InChI is InChI=1S/C21H22FN3OS/c1-15-7-8-16(2)19(11-15)25-10-9-23-21(25)27-14-20(26)24(3)13-17-5-4-6-18(22)12-17/h4-12H,13-14H2,1-3H3. The third-order valence-electron chi connectivity index (χ3n) is 4.29. The molecule has 0 aliphatic carbocycles. The molecule has 0 bridgehead atoms. The van der Waals surface area contributed by atoms with Crippen LogP contribution in [0.3, 0.4) is 0 Å². The van der Waals surface area contributed by atoms with Gasteiger partial charge in [-0.05, 0) is 48.7 Å². The first-order valence-corrected chi connectivity index (χ1v) is 9.65. The average Bonchev–Trinajstić information content (AvgIpc) is 3.10. The van der Waals surface area contributed by atoms with Crippen molar-refractivity contribution in [1.29, 1.82) is 0 Å². The predicted molar refractivity (Wildman–Crippen MR) is 107 cm³/mol. The lowest BCUT2D eigenvalue weighted by atomic mass is 10.1. The second-order valence-electron chi connectivity index (χ2n) is 6.54. The van der Waals surface area contributed by atoms with Crippen LogP contribution in [0.25, 0.3) is 5.69 Å². The van der Waals surface area contributed by atoms with Crippen LogP contribution in [-0.2, 0) is 11.3 Å². The minimum atomic E-state index is -0.293. The highest BCUT2D eigenvalue weighted by molar-refractivity contribution is 7.99. The SMILES string of the molecule is Cc1ccc(C)c(-n2ccnc2SCC(=O)N(C)Cc2cccc(F)c2)c1. The van der Waals surface area contributed by atoms with Crippen LogP contribution in [-0.4, -0.2) is 33.2 Å². The van der Waals surface area contributed by atoms with Crippen molar-refractivity contribution in [3.63, 3.8) is 0 Å². The van der Waals surface area contributed by atoms with Crippen molar-refractivity contribution >= 4 is 17.7 Å². The van der Waals surface area contributed by atoms with Gasteiger partial charge in [-0.25, -0.2) is 9.37 Å². The van der Waals surface area contributed by atoms with Gasteiger partial charge in [-0.3, -0.25) is 9.36 Å². The van der Waals surface area contributed by atoms with Gasteiger partial charge in [0.05, 0.1) is 11.4 Å². The van der Waals surface area contributed by atoms with Crippen LogP contribution in [0.4, 0.5) is 4.39 Å². The minimum absolute atomic E-state index is 0.0280. The number of rotatable bonds is 6. The molecular formula is C21H22FN3OS. The number of carbonyl (C=O) groups is 1. The van der Waals surface area contributed by atoms with Gasteiger partial charge >= 0.3 is 0 Å². The Hall–Kier alpha value is -2.60. The number of amides is 1. The second-order valence-corrected chi connectivity index (χ2v) is 7.48. The summed E-state index contributed by atoms with van der Waals surface area (Å²) < 4.78 is 15.3. The van der Waals surface area contributed by atoms with Crippen molar-refractivity contribution in [1.82, 2.24) is 14.5 Å². The zero-order valence-corrected chi connectivity index (χ0v) is 16.5. The number of hydrogen-bond acceptors (Lipinski definition) is 3. The van der Waals surface area contributed by atoms with Gasteiger partial charge < -0.3 is 4.90 Å². The van der Waals surface area contributed by atoms with Gasteiger partial charge in [0.15, 0.2) is 5.16 Å². The van der Waals surface area contributed by atoms with E-state index in [1.54, 1.807) is 24.2 Å². The highest BCUT2D eigenvalue weighted by Gasteiger charge is 2.14. The Morgan fingerprint density at radius 1 is 1.22 bits per heavy atom. The molecule has 3 rings (SSSR count). The maximum atomic E-state index is 13.3. The summed E-state index contributed by atoms with van der Waals surface area (Å²) in [5.74, 6) is -0.0497. The van der Waals surface area contributed by atoms with Crippen molar-refractivity contribution in [2.75, 3.05) is 12.8 Å². The molecule has 140 valence electrons. The molecular weight excluding hydrogens is 361 g/mol. The maximum Gasteiger partial charge on any atom is 0.233 e. The molecule has 27 heavy (non-hydrogen) atoms. The zero-order chi connectivity index (χ0) is 19.4. The number of thioether (sulfide) groups is 1. The lowest BCUT2D eigenvalue weighted by molar-refractivity contribution is -0.127. The summed E-state index contributed by atoms with van der Waals surface area (Å²) in [5.41, 5.74) is 4.16. The fourth-order valence-electron chi connectivity index (χ4n) is 2.79. The van der Waals surface area contributed by atoms with E-state index in [2.05, 4.69) is 37.0 Å². The molecule has 0 saturated heterocycles. The van der Waals surface area contributed by atoms with Crippen molar-refractivity contribution in [2.24, 2.45) is 0 Å². The molecule has 0 fully saturated rings. The summed E-state index contributed by atoms with van der Waals surface area (Å²) in [6.07, 6.45) is 3.65. The molecule has 0 saturated carbocycles. The van der Waals surface area contributed by atoms with Crippen molar-refractivity contribution < 1.29 is 9.18 Å². The molecule has 0 atom stereocenters. The number of halogens is 1. The summed E-state index contributed by atoms with van der Waals surface area (Å²) in [6.45, 7) is 4.49. The third kappa shape index (κ3) is 4.77. The summed E-state index contributed by atoms with van der Waals surface area (Å²) in [4.78, 5) is 18.5. The molecule has 6 heteroatoms. The Bertz CT molecular complexity index is 954. The largest absolute Gasteiger partial charge is 0.341 e. The Balaban J connectivity index is 1.66. The summed E-state index contributed by atoms with van der Waals surface area (Å²) in [7, 11) is 1.73. The van der Waals surface area contributed by atoms with Crippen molar-refractivity contribution in [3.05, 3.63) is 77.4 Å². The van der Waals surface area contributed by atoms with Crippen molar-refractivity contribution in [2.45, 2.75) is 25.5 Å². The first-order valence-electron chi connectivity index (χ1n) is 8.66. The molecule has 1 amide bonds. The molecule has 0 radical (unpaired) electrons. The fourth-order valence-corrected chi connectivity index (χ4v) is 3.70. The Kier molecular flexibility index (Phi) is 5.96. The first kappa shape index (κ1) is 19.2. The summed E-state index contributed by atoms with van der Waals surface area (Å²) in [5, 5.41) is 0.774. The maximum absolute atomic E-state index is 13.3. The first-order chi connectivity index (χ1) is 12.9. The van der Waals surface area contributed by atoms with Crippen LogP contribution < -0.4 is 0 Å². The highest BCUT2D eigenvalue weighted by atomic mass is 32.2. The molecule has 0 unspecified atom stereocenters. The molecule has 3 aromatic rings. The van der Waals surface area contributed by atoms with Gasteiger partial charge in [-0.1, -0.05) is 36.0 Å². The molecule has 0 aliphatic heterocycles. The van der Waals surface area contributed by atoms with Gasteiger partial charge in [0.2, 0.25) is 5.91 Å². The molecule has 4 nitrogen and oxygen atoms in total. The second kappa shape index (κ2) is 8.39. The van der Waals surface area contributed by atoms with Crippen LogP contribution >= 0.6 is 11.8 Å². The number of aryl methyl sites for hydroxylation is 2. The van der Waals surface area contributed by atoms with Gasteiger partial charge in [0.25, 0.3) is 0 Å². The van der Waals surface area contributed by atoms with E-state index in [0.717, 1.165) is 22.0 Å². The monoisotopic (exact) mass is 383 g/mol. The van der Waals surface area contributed by atoms with E-state index in [1.807, 2.05) is 16.8 Å². The predicted octanol–water partition coefficient (Wildman–Crippen LogP) is 4.38. The number of nitrogens with zero attached hydrogens (tertiary/aromatic N) is 3. The van der Waals surface area contributed by atoms with E-state index in [9.17, 15) is 9.18 Å². The van der Waals surface area contributed by atoms with Crippen LogP contribution in [0.1, 0.15) is 16.7 Å². The average molecular weight is 383 g/mol. The number of imidazole rings is 1.